The molecule has 2 aromatic rings. The number of hydrogen-bond acceptors (Lipinski definition) is 5. The van der Waals surface area contributed by atoms with Crippen molar-refractivity contribution >= 4 is 11.6 Å². The average Bonchev–Trinajstić information content (AvgIpc) is 2.92. The minimum atomic E-state index is -0.214. The number of aryl methyl sites for hydroxylation is 1. The Morgan fingerprint density at radius 2 is 2.26 bits per heavy atom. The molecule has 100 valence electrons. The smallest absolute Gasteiger partial charge is 0.255 e. The lowest BCUT2D eigenvalue weighted by Gasteiger charge is -2.07. The van der Waals surface area contributed by atoms with Crippen LogP contribution in [0.1, 0.15) is 28.9 Å². The molecule has 0 fully saturated rings. The molecule has 0 unspecified atom stereocenters. The molecule has 6 heteroatoms. The summed E-state index contributed by atoms with van der Waals surface area (Å²) < 4.78 is 5.42. The maximum Gasteiger partial charge on any atom is 0.255 e. The number of nitrogens with one attached hydrogen (secondary N) is 2. The summed E-state index contributed by atoms with van der Waals surface area (Å²) in [5.41, 5.74) is 1.22. The number of pyridine rings is 1. The fourth-order valence-corrected chi connectivity index (χ4v) is 1.64. The Hall–Kier alpha value is -2.37. The van der Waals surface area contributed by atoms with Crippen LogP contribution in [0.5, 0.6) is 0 Å². The standard InChI is InChI=1S/C13H16N4O2/c1-3-9-6-16-12(19-9)8-17-13(18)10-7-15-5-4-11(10)14-2/h4-7H,3,8H2,1-2H3,(H,14,15)(H,17,18). The third-order valence-corrected chi connectivity index (χ3v) is 2.69. The Balaban J connectivity index is 2.01. The quantitative estimate of drug-likeness (QED) is 0.853. The lowest BCUT2D eigenvalue weighted by Crippen LogP contribution is -2.24. The zero-order valence-corrected chi connectivity index (χ0v) is 10.9. The van der Waals surface area contributed by atoms with Crippen LogP contribution in [0.15, 0.2) is 29.1 Å². The molecule has 0 radical (unpaired) electrons. The lowest BCUT2D eigenvalue weighted by molar-refractivity contribution is 0.0947. The second-order valence-corrected chi connectivity index (χ2v) is 3.93. The van der Waals surface area contributed by atoms with Gasteiger partial charge in [0.2, 0.25) is 5.89 Å². The first-order valence-corrected chi connectivity index (χ1v) is 6.08. The molecule has 0 bridgehead atoms. The molecule has 0 saturated heterocycles. The van der Waals surface area contributed by atoms with Gasteiger partial charge in [0.25, 0.3) is 5.91 Å². The molecule has 0 aliphatic carbocycles. The second-order valence-electron chi connectivity index (χ2n) is 3.93. The molecule has 19 heavy (non-hydrogen) atoms. The molecular formula is C13H16N4O2. The van der Waals surface area contributed by atoms with E-state index in [1.54, 1.807) is 25.5 Å². The number of nitrogens with zero attached hydrogens (tertiary/aromatic N) is 2. The molecule has 2 aromatic heterocycles. The molecule has 2 heterocycles. The number of anilines is 1. The molecule has 0 atom stereocenters. The monoisotopic (exact) mass is 260 g/mol. The van der Waals surface area contributed by atoms with E-state index in [1.165, 1.54) is 6.20 Å². The van der Waals surface area contributed by atoms with Gasteiger partial charge in [0.05, 0.1) is 18.3 Å². The van der Waals surface area contributed by atoms with E-state index >= 15 is 0 Å². The van der Waals surface area contributed by atoms with E-state index in [1.807, 2.05) is 6.92 Å². The lowest BCUT2D eigenvalue weighted by atomic mass is 10.2. The molecule has 0 aromatic carbocycles. The summed E-state index contributed by atoms with van der Waals surface area (Å²) in [4.78, 5) is 20.0. The highest BCUT2D eigenvalue weighted by molar-refractivity contribution is 5.99. The van der Waals surface area contributed by atoms with E-state index < -0.39 is 0 Å². The van der Waals surface area contributed by atoms with Crippen LogP contribution in [0.4, 0.5) is 5.69 Å². The van der Waals surface area contributed by atoms with Gasteiger partial charge in [-0.3, -0.25) is 9.78 Å². The van der Waals surface area contributed by atoms with Crippen LogP contribution < -0.4 is 10.6 Å². The van der Waals surface area contributed by atoms with Gasteiger partial charge >= 0.3 is 0 Å². The van der Waals surface area contributed by atoms with Gasteiger partial charge in [0, 0.05) is 31.5 Å². The van der Waals surface area contributed by atoms with Crippen molar-refractivity contribution in [1.29, 1.82) is 0 Å². The van der Waals surface area contributed by atoms with Crippen molar-refractivity contribution in [3.63, 3.8) is 0 Å². The number of hydrogen-bond donors (Lipinski definition) is 2. The first kappa shape index (κ1) is 13.1. The first-order chi connectivity index (χ1) is 9.24. The van der Waals surface area contributed by atoms with Crippen LogP contribution in [-0.2, 0) is 13.0 Å². The number of aromatic nitrogens is 2. The van der Waals surface area contributed by atoms with Crippen LogP contribution in [0, 0.1) is 0 Å². The van der Waals surface area contributed by atoms with Crippen molar-refractivity contribution < 1.29 is 9.21 Å². The minimum absolute atomic E-state index is 0.214. The van der Waals surface area contributed by atoms with E-state index in [0.29, 0.717) is 11.5 Å². The van der Waals surface area contributed by atoms with Crippen LogP contribution in [0.3, 0.4) is 0 Å². The number of carbonyl (C=O) groups excluding carboxylic acids is 1. The van der Waals surface area contributed by atoms with E-state index in [0.717, 1.165) is 17.9 Å². The third kappa shape index (κ3) is 3.09. The van der Waals surface area contributed by atoms with E-state index in [4.69, 9.17) is 4.42 Å². The predicted octanol–water partition coefficient (Wildman–Crippen LogP) is 1.60. The molecule has 2 N–H and O–H groups in total. The van der Waals surface area contributed by atoms with Gasteiger partial charge in [-0.05, 0) is 6.07 Å². The molecular weight excluding hydrogens is 244 g/mol. The molecule has 0 spiro atoms. The Kier molecular flexibility index (Phi) is 4.12. The van der Waals surface area contributed by atoms with Crippen molar-refractivity contribution in [2.45, 2.75) is 19.9 Å². The first-order valence-electron chi connectivity index (χ1n) is 6.08. The Morgan fingerprint density at radius 1 is 1.42 bits per heavy atom. The Morgan fingerprint density at radius 3 is 2.95 bits per heavy atom. The largest absolute Gasteiger partial charge is 0.444 e. The van der Waals surface area contributed by atoms with Crippen LogP contribution in [-0.4, -0.2) is 22.9 Å². The Bertz CT molecular complexity index is 565. The highest BCUT2D eigenvalue weighted by Crippen LogP contribution is 2.12. The summed E-state index contributed by atoms with van der Waals surface area (Å²) in [6.07, 6.45) is 5.61. The van der Waals surface area contributed by atoms with Gasteiger partial charge in [0.1, 0.15) is 5.76 Å². The normalized spacial score (nSPS) is 10.2. The maximum absolute atomic E-state index is 12.0. The highest BCUT2D eigenvalue weighted by Gasteiger charge is 2.11. The number of carbonyl (C=O) groups is 1. The van der Waals surface area contributed by atoms with Gasteiger partial charge in [-0.2, -0.15) is 0 Å². The van der Waals surface area contributed by atoms with Crippen LogP contribution in [0.2, 0.25) is 0 Å². The fraction of sp³-hybridized carbons (Fsp3) is 0.308. The SMILES string of the molecule is CCc1cnc(CNC(=O)c2cnccc2NC)o1. The van der Waals surface area contributed by atoms with E-state index in [9.17, 15) is 4.79 Å². The summed E-state index contributed by atoms with van der Waals surface area (Å²) in [7, 11) is 1.76. The van der Waals surface area contributed by atoms with Gasteiger partial charge in [-0.15, -0.1) is 0 Å². The topological polar surface area (TPSA) is 80.0 Å². The summed E-state index contributed by atoms with van der Waals surface area (Å²) in [5.74, 6) is 1.09. The molecule has 2 rings (SSSR count). The van der Waals surface area contributed by atoms with Gasteiger partial charge in [0.15, 0.2) is 0 Å². The third-order valence-electron chi connectivity index (χ3n) is 2.69. The van der Waals surface area contributed by atoms with Crippen molar-refractivity contribution in [1.82, 2.24) is 15.3 Å². The summed E-state index contributed by atoms with van der Waals surface area (Å²) in [5, 5.41) is 5.70. The summed E-state index contributed by atoms with van der Waals surface area (Å²) >= 11 is 0. The Labute approximate surface area is 111 Å². The highest BCUT2D eigenvalue weighted by atomic mass is 16.4. The second kappa shape index (κ2) is 5.99. The van der Waals surface area contributed by atoms with Crippen LogP contribution >= 0.6 is 0 Å². The zero-order chi connectivity index (χ0) is 13.7. The van der Waals surface area contributed by atoms with Gasteiger partial charge < -0.3 is 15.1 Å². The number of oxazole rings is 1. The minimum Gasteiger partial charge on any atom is -0.444 e. The van der Waals surface area contributed by atoms with E-state index in [2.05, 4.69) is 20.6 Å². The molecule has 6 nitrogen and oxygen atoms in total. The zero-order valence-electron chi connectivity index (χ0n) is 10.9. The van der Waals surface area contributed by atoms with Gasteiger partial charge in [-0.1, -0.05) is 6.92 Å². The summed E-state index contributed by atoms with van der Waals surface area (Å²) in [6, 6.07) is 1.75. The molecule has 0 aliphatic heterocycles. The van der Waals surface area contributed by atoms with Crippen molar-refractivity contribution in [3.05, 3.63) is 41.9 Å². The van der Waals surface area contributed by atoms with Crippen molar-refractivity contribution in [2.75, 3.05) is 12.4 Å². The summed E-state index contributed by atoms with van der Waals surface area (Å²) in [6.45, 7) is 2.24. The molecule has 0 saturated carbocycles. The number of amides is 1. The molecule has 0 aliphatic rings. The van der Waals surface area contributed by atoms with E-state index in [-0.39, 0.29) is 12.5 Å². The fourth-order valence-electron chi connectivity index (χ4n) is 1.64. The van der Waals surface area contributed by atoms with Gasteiger partial charge in [-0.25, -0.2) is 4.98 Å². The maximum atomic E-state index is 12.0. The van der Waals surface area contributed by atoms with Crippen molar-refractivity contribution in [3.8, 4) is 0 Å². The van der Waals surface area contributed by atoms with Crippen LogP contribution in [0.25, 0.3) is 0 Å². The van der Waals surface area contributed by atoms with Crippen molar-refractivity contribution in [2.24, 2.45) is 0 Å². The predicted molar refractivity (Wildman–Crippen MR) is 70.8 cm³/mol. The number of rotatable bonds is 5. The average molecular weight is 260 g/mol. The molecule has 1 amide bonds.